The molecule has 0 atom stereocenters. The number of benzene rings is 2. The molecule has 3 rings (SSSR count). The van der Waals surface area contributed by atoms with Crippen LogP contribution in [-0.4, -0.2) is 50.9 Å². The van der Waals surface area contributed by atoms with Crippen molar-refractivity contribution >= 4 is 44.3 Å². The van der Waals surface area contributed by atoms with Crippen molar-refractivity contribution in [3.05, 3.63) is 54.1 Å². The Morgan fingerprint density at radius 2 is 1.68 bits per heavy atom. The standard InChI is InChI=1S/C19H21N3O4S2/c1-21(2)19(24)27-17-10-6-15(7-11-17)20-18(23)14-4-8-16(9-5-14)22-12-3-13-28(22,25)26/h4-11H,3,12-13H2,1-2H3,(H,20,23). The van der Waals surface area contributed by atoms with E-state index in [0.29, 0.717) is 29.9 Å². The number of rotatable bonds is 4. The molecule has 0 bridgehead atoms. The molecule has 0 saturated carbocycles. The van der Waals surface area contributed by atoms with Gasteiger partial charge in [0.1, 0.15) is 0 Å². The summed E-state index contributed by atoms with van der Waals surface area (Å²) in [6.07, 6.45) is 0.610. The van der Waals surface area contributed by atoms with Crippen LogP contribution >= 0.6 is 11.8 Å². The summed E-state index contributed by atoms with van der Waals surface area (Å²) < 4.78 is 25.3. The van der Waals surface area contributed by atoms with Crippen LogP contribution in [0.1, 0.15) is 16.8 Å². The Bertz CT molecular complexity index is 971. The number of anilines is 2. The Balaban J connectivity index is 1.64. The van der Waals surface area contributed by atoms with Crippen molar-refractivity contribution in [2.75, 3.05) is 36.0 Å². The molecule has 1 N–H and O–H groups in total. The van der Waals surface area contributed by atoms with Crippen LogP contribution in [-0.2, 0) is 10.0 Å². The number of hydrogen-bond donors (Lipinski definition) is 1. The zero-order chi connectivity index (χ0) is 20.3. The van der Waals surface area contributed by atoms with Crippen LogP contribution in [0.15, 0.2) is 53.4 Å². The Morgan fingerprint density at radius 1 is 1.04 bits per heavy atom. The minimum atomic E-state index is -3.24. The average Bonchev–Trinajstić information content (AvgIpc) is 3.02. The maximum atomic E-state index is 12.4. The highest BCUT2D eigenvalue weighted by Crippen LogP contribution is 2.25. The molecule has 0 unspecified atom stereocenters. The van der Waals surface area contributed by atoms with Crippen LogP contribution in [0, 0.1) is 0 Å². The van der Waals surface area contributed by atoms with Gasteiger partial charge in [0.15, 0.2) is 0 Å². The summed E-state index contributed by atoms with van der Waals surface area (Å²) in [4.78, 5) is 26.4. The Hall–Kier alpha value is -2.52. The van der Waals surface area contributed by atoms with Gasteiger partial charge in [0.25, 0.3) is 11.1 Å². The number of carbonyl (C=O) groups is 2. The van der Waals surface area contributed by atoms with Gasteiger partial charge in [0.2, 0.25) is 10.0 Å². The van der Waals surface area contributed by atoms with E-state index in [0.717, 1.165) is 16.7 Å². The molecule has 2 aromatic rings. The third-order valence-corrected chi connectivity index (χ3v) is 7.12. The molecule has 1 aliphatic heterocycles. The van der Waals surface area contributed by atoms with Crippen LogP contribution in [0.4, 0.5) is 16.2 Å². The number of amides is 2. The van der Waals surface area contributed by atoms with E-state index >= 15 is 0 Å². The van der Waals surface area contributed by atoms with E-state index in [9.17, 15) is 18.0 Å². The summed E-state index contributed by atoms with van der Waals surface area (Å²) in [7, 11) is 0.141. The molecule has 0 radical (unpaired) electrons. The molecule has 1 saturated heterocycles. The molecule has 7 nitrogen and oxygen atoms in total. The van der Waals surface area contributed by atoms with Gasteiger partial charge in [-0.2, -0.15) is 0 Å². The van der Waals surface area contributed by atoms with Crippen LogP contribution in [0.3, 0.4) is 0 Å². The highest BCUT2D eigenvalue weighted by Gasteiger charge is 2.28. The van der Waals surface area contributed by atoms with Crippen molar-refractivity contribution in [3.63, 3.8) is 0 Å². The third kappa shape index (κ3) is 4.66. The van der Waals surface area contributed by atoms with Crippen LogP contribution < -0.4 is 9.62 Å². The smallest absolute Gasteiger partial charge is 0.285 e. The summed E-state index contributed by atoms with van der Waals surface area (Å²) in [6.45, 7) is 0.467. The quantitative estimate of drug-likeness (QED) is 0.769. The lowest BCUT2D eigenvalue weighted by Gasteiger charge is -2.17. The monoisotopic (exact) mass is 419 g/mol. The molecule has 0 aromatic heterocycles. The maximum absolute atomic E-state index is 12.4. The lowest BCUT2D eigenvalue weighted by molar-refractivity contribution is 0.102. The summed E-state index contributed by atoms with van der Waals surface area (Å²) in [5, 5.41) is 2.72. The summed E-state index contributed by atoms with van der Waals surface area (Å²) in [5.41, 5.74) is 1.61. The van der Waals surface area contributed by atoms with Gasteiger partial charge in [0, 0.05) is 36.8 Å². The van der Waals surface area contributed by atoms with Gasteiger partial charge in [-0.05, 0) is 66.7 Å². The normalized spacial score (nSPS) is 15.3. The van der Waals surface area contributed by atoms with Gasteiger partial charge in [-0.1, -0.05) is 0 Å². The molecule has 2 amide bonds. The van der Waals surface area contributed by atoms with Gasteiger partial charge >= 0.3 is 0 Å². The predicted molar refractivity (Wildman–Crippen MR) is 112 cm³/mol. The van der Waals surface area contributed by atoms with Crippen molar-refractivity contribution in [1.29, 1.82) is 0 Å². The van der Waals surface area contributed by atoms with Crippen molar-refractivity contribution < 1.29 is 18.0 Å². The second-order valence-corrected chi connectivity index (χ2v) is 9.57. The van der Waals surface area contributed by atoms with Gasteiger partial charge < -0.3 is 10.2 Å². The minimum absolute atomic E-state index is 0.0723. The molecular weight excluding hydrogens is 398 g/mol. The lowest BCUT2D eigenvalue weighted by atomic mass is 10.2. The van der Waals surface area contributed by atoms with Crippen molar-refractivity contribution in [2.45, 2.75) is 11.3 Å². The SMILES string of the molecule is CN(C)C(=O)Sc1ccc(NC(=O)c2ccc(N3CCCS3(=O)=O)cc2)cc1. The molecule has 2 aromatic carbocycles. The first-order valence-electron chi connectivity index (χ1n) is 8.67. The van der Waals surface area contributed by atoms with E-state index < -0.39 is 10.0 Å². The number of nitrogens with one attached hydrogen (secondary N) is 1. The molecule has 1 heterocycles. The first kappa shape index (κ1) is 20.2. The summed E-state index contributed by atoms with van der Waals surface area (Å²) in [6, 6.07) is 13.5. The van der Waals surface area contributed by atoms with E-state index in [-0.39, 0.29) is 16.9 Å². The Morgan fingerprint density at radius 3 is 2.21 bits per heavy atom. The fourth-order valence-electron chi connectivity index (χ4n) is 2.71. The van der Waals surface area contributed by atoms with Crippen molar-refractivity contribution in [1.82, 2.24) is 4.90 Å². The number of thioether (sulfide) groups is 1. The second kappa shape index (κ2) is 8.24. The maximum Gasteiger partial charge on any atom is 0.285 e. The van der Waals surface area contributed by atoms with Gasteiger partial charge in [-0.15, -0.1) is 0 Å². The van der Waals surface area contributed by atoms with Gasteiger partial charge in [-0.25, -0.2) is 8.42 Å². The van der Waals surface area contributed by atoms with E-state index in [1.807, 2.05) is 0 Å². The van der Waals surface area contributed by atoms with Gasteiger partial charge in [0.05, 0.1) is 11.4 Å². The molecular formula is C19H21N3O4S2. The zero-order valence-electron chi connectivity index (χ0n) is 15.6. The first-order chi connectivity index (χ1) is 13.3. The van der Waals surface area contributed by atoms with Crippen LogP contribution in [0.2, 0.25) is 0 Å². The average molecular weight is 420 g/mol. The number of carbonyl (C=O) groups excluding carboxylic acids is 2. The molecule has 0 aliphatic carbocycles. The summed E-state index contributed by atoms with van der Waals surface area (Å²) in [5.74, 6) is -0.135. The second-order valence-electron chi connectivity index (χ2n) is 6.53. The largest absolute Gasteiger partial charge is 0.339 e. The molecule has 9 heteroatoms. The fourth-order valence-corrected chi connectivity index (χ4v) is 4.93. The Labute approximate surface area is 168 Å². The zero-order valence-corrected chi connectivity index (χ0v) is 17.2. The van der Waals surface area contributed by atoms with Crippen molar-refractivity contribution in [2.24, 2.45) is 0 Å². The third-order valence-electron chi connectivity index (χ3n) is 4.20. The minimum Gasteiger partial charge on any atom is -0.339 e. The number of sulfonamides is 1. The van der Waals surface area contributed by atoms with Crippen LogP contribution in [0.25, 0.3) is 0 Å². The fraction of sp³-hybridized carbons (Fsp3) is 0.263. The highest BCUT2D eigenvalue weighted by molar-refractivity contribution is 8.13. The topological polar surface area (TPSA) is 86.8 Å². The highest BCUT2D eigenvalue weighted by atomic mass is 32.2. The molecule has 148 valence electrons. The van der Waals surface area contributed by atoms with Crippen LogP contribution in [0.5, 0.6) is 0 Å². The Kier molecular flexibility index (Phi) is 5.95. The predicted octanol–water partition coefficient (Wildman–Crippen LogP) is 3.25. The van der Waals surface area contributed by atoms with E-state index in [1.165, 1.54) is 9.21 Å². The van der Waals surface area contributed by atoms with Crippen molar-refractivity contribution in [3.8, 4) is 0 Å². The summed E-state index contributed by atoms with van der Waals surface area (Å²) >= 11 is 1.11. The molecule has 28 heavy (non-hydrogen) atoms. The molecule has 1 fully saturated rings. The van der Waals surface area contributed by atoms with E-state index in [2.05, 4.69) is 5.32 Å². The first-order valence-corrected chi connectivity index (χ1v) is 11.1. The molecule has 1 aliphatic rings. The number of nitrogens with zero attached hydrogens (tertiary/aromatic N) is 2. The molecule has 0 spiro atoms. The van der Waals surface area contributed by atoms with Gasteiger partial charge in [-0.3, -0.25) is 13.9 Å². The van der Waals surface area contributed by atoms with E-state index in [4.69, 9.17) is 0 Å². The lowest BCUT2D eigenvalue weighted by Crippen LogP contribution is -2.25. The number of hydrogen-bond acceptors (Lipinski definition) is 5. The van der Waals surface area contributed by atoms with E-state index in [1.54, 1.807) is 62.6 Å².